The van der Waals surface area contributed by atoms with E-state index in [-0.39, 0.29) is 11.8 Å². The number of aliphatic imine (C=N–C) groups is 1. The number of aromatic nitrogens is 2. The van der Waals surface area contributed by atoms with Crippen LogP contribution in [0.25, 0.3) is 0 Å². The molecule has 1 aromatic rings. The molecule has 0 amide bonds. The summed E-state index contributed by atoms with van der Waals surface area (Å²) in [5.74, 6) is -0.236. The normalized spacial score (nSPS) is 29.4. The maximum absolute atomic E-state index is 11.8. The molecule has 1 saturated heterocycles. The summed E-state index contributed by atoms with van der Waals surface area (Å²) in [6.07, 6.45) is -3.50. The Morgan fingerprint density at radius 2 is 2.15 bits per heavy atom. The molecule has 2 rings (SSSR count). The molecule has 0 aliphatic carbocycles. The first-order chi connectivity index (χ1) is 9.43. The lowest BCUT2D eigenvalue weighted by molar-refractivity contribution is -0.0549. The molecule has 0 radical (unpaired) electrons. The number of hydrogen-bond acceptors (Lipinski definition) is 7. The molecule has 4 atom stereocenters. The van der Waals surface area contributed by atoms with Gasteiger partial charge in [-0.3, -0.25) is 4.57 Å². The van der Waals surface area contributed by atoms with E-state index in [1.54, 1.807) is 0 Å². The molecule has 20 heavy (non-hydrogen) atoms. The molecule has 1 aromatic heterocycles. The maximum Gasteiger partial charge on any atom is 0.351 e. The summed E-state index contributed by atoms with van der Waals surface area (Å²) >= 11 is 0. The maximum atomic E-state index is 11.8. The van der Waals surface area contributed by atoms with Gasteiger partial charge in [0.2, 0.25) is 0 Å². The van der Waals surface area contributed by atoms with E-state index >= 15 is 0 Å². The third kappa shape index (κ3) is 2.63. The fraction of sp³-hybridized carbons (Fsp3) is 0.500. The number of guanidine groups is 1. The van der Waals surface area contributed by atoms with Gasteiger partial charge < -0.3 is 31.5 Å². The summed E-state index contributed by atoms with van der Waals surface area (Å²) in [7, 11) is 0. The molecule has 10 heteroatoms. The summed E-state index contributed by atoms with van der Waals surface area (Å²) in [6, 6.07) is 1.34. The second-order valence-electron chi connectivity index (χ2n) is 4.24. The SMILES string of the molecule is NC(N)=Nc1ccn([C@@H]2O[C@H](CO)C(O)C2O)c(=O)n1. The van der Waals surface area contributed by atoms with Crippen LogP contribution >= 0.6 is 0 Å². The van der Waals surface area contributed by atoms with E-state index in [0.717, 1.165) is 4.57 Å². The van der Waals surface area contributed by atoms with Gasteiger partial charge in [-0.15, -0.1) is 0 Å². The van der Waals surface area contributed by atoms with Gasteiger partial charge in [0.1, 0.15) is 18.3 Å². The van der Waals surface area contributed by atoms with Gasteiger partial charge in [-0.25, -0.2) is 4.79 Å². The molecule has 0 bridgehead atoms. The molecule has 1 aliphatic rings. The first-order valence-electron chi connectivity index (χ1n) is 5.75. The van der Waals surface area contributed by atoms with Gasteiger partial charge in [-0.05, 0) is 6.07 Å². The lowest BCUT2D eigenvalue weighted by Gasteiger charge is -2.16. The Hall–Kier alpha value is -2.01. The topological polar surface area (TPSA) is 169 Å². The number of hydrogen-bond donors (Lipinski definition) is 5. The fourth-order valence-electron chi connectivity index (χ4n) is 1.90. The van der Waals surface area contributed by atoms with Crippen molar-refractivity contribution in [1.29, 1.82) is 0 Å². The second-order valence-corrected chi connectivity index (χ2v) is 4.24. The molecule has 0 saturated carbocycles. The minimum absolute atomic E-state index is 0.0120. The van der Waals surface area contributed by atoms with E-state index in [4.69, 9.17) is 21.3 Å². The predicted octanol–water partition coefficient (Wildman–Crippen LogP) is -3.24. The van der Waals surface area contributed by atoms with E-state index in [2.05, 4.69) is 9.98 Å². The first kappa shape index (κ1) is 14.4. The average molecular weight is 285 g/mol. The standard InChI is InChI=1S/C10H15N5O5/c11-9(12)13-5-1-2-15(10(19)14-5)8-7(18)6(17)4(3-16)20-8/h1-2,4,6-8,16-18H,3H2,(H4,11,12,13,14,19)/t4-,6?,7?,8-/m1/s1. The van der Waals surface area contributed by atoms with Crippen molar-refractivity contribution in [3.05, 3.63) is 22.7 Å². The summed E-state index contributed by atoms with van der Waals surface area (Å²) in [5, 5.41) is 28.4. The largest absolute Gasteiger partial charge is 0.394 e. The van der Waals surface area contributed by atoms with Crippen molar-refractivity contribution in [3.8, 4) is 0 Å². The van der Waals surface area contributed by atoms with Gasteiger partial charge in [0.05, 0.1) is 6.61 Å². The molecule has 110 valence electrons. The first-order valence-corrected chi connectivity index (χ1v) is 5.75. The van der Waals surface area contributed by atoms with Crippen LogP contribution in [0.1, 0.15) is 6.23 Å². The molecule has 0 spiro atoms. The van der Waals surface area contributed by atoms with Crippen LogP contribution in [0.15, 0.2) is 22.1 Å². The van der Waals surface area contributed by atoms with E-state index in [1.807, 2.05) is 0 Å². The van der Waals surface area contributed by atoms with Crippen LogP contribution in [0, 0.1) is 0 Å². The lowest BCUT2D eigenvalue weighted by Crippen LogP contribution is -2.35. The molecular weight excluding hydrogens is 270 g/mol. The van der Waals surface area contributed by atoms with Crippen molar-refractivity contribution >= 4 is 11.8 Å². The Bertz CT molecular complexity index is 569. The Kier molecular flexibility index (Phi) is 3.99. The Morgan fingerprint density at radius 3 is 2.65 bits per heavy atom. The van der Waals surface area contributed by atoms with Crippen molar-refractivity contribution in [2.24, 2.45) is 16.5 Å². The molecular formula is C10H15N5O5. The number of nitrogens with zero attached hydrogens (tertiary/aromatic N) is 3. The number of aliphatic hydroxyl groups excluding tert-OH is 3. The van der Waals surface area contributed by atoms with Crippen LogP contribution in [0.2, 0.25) is 0 Å². The van der Waals surface area contributed by atoms with Crippen molar-refractivity contribution < 1.29 is 20.1 Å². The van der Waals surface area contributed by atoms with E-state index in [1.165, 1.54) is 12.3 Å². The van der Waals surface area contributed by atoms with Crippen molar-refractivity contribution in [1.82, 2.24) is 9.55 Å². The van der Waals surface area contributed by atoms with E-state index < -0.39 is 36.8 Å². The summed E-state index contributed by atoms with van der Waals surface area (Å²) in [5.41, 5.74) is 9.57. The third-order valence-corrected chi connectivity index (χ3v) is 2.85. The minimum Gasteiger partial charge on any atom is -0.394 e. The van der Waals surface area contributed by atoms with Gasteiger partial charge in [0.25, 0.3) is 0 Å². The predicted molar refractivity (Wildman–Crippen MR) is 67.0 cm³/mol. The highest BCUT2D eigenvalue weighted by Crippen LogP contribution is 2.28. The van der Waals surface area contributed by atoms with Crippen molar-refractivity contribution in [2.75, 3.05) is 6.61 Å². The second kappa shape index (κ2) is 5.54. The fourth-order valence-corrected chi connectivity index (χ4v) is 1.90. The smallest absolute Gasteiger partial charge is 0.351 e. The average Bonchev–Trinajstić information content (AvgIpc) is 2.66. The highest BCUT2D eigenvalue weighted by molar-refractivity contribution is 5.78. The van der Waals surface area contributed by atoms with Gasteiger partial charge in [-0.1, -0.05) is 0 Å². The summed E-state index contributed by atoms with van der Waals surface area (Å²) in [4.78, 5) is 19.0. The Labute approximate surface area is 112 Å². The third-order valence-electron chi connectivity index (χ3n) is 2.85. The van der Waals surface area contributed by atoms with Gasteiger partial charge in [0, 0.05) is 6.20 Å². The molecule has 0 aromatic carbocycles. The van der Waals surface area contributed by atoms with Crippen LogP contribution in [-0.4, -0.2) is 55.7 Å². The zero-order valence-electron chi connectivity index (χ0n) is 10.3. The highest BCUT2D eigenvalue weighted by Gasteiger charge is 2.43. The molecule has 10 nitrogen and oxygen atoms in total. The molecule has 2 heterocycles. The highest BCUT2D eigenvalue weighted by atomic mass is 16.6. The van der Waals surface area contributed by atoms with Gasteiger partial charge in [0.15, 0.2) is 18.0 Å². The Balaban J connectivity index is 2.31. The zero-order chi connectivity index (χ0) is 14.9. The van der Waals surface area contributed by atoms with Gasteiger partial charge in [-0.2, -0.15) is 9.98 Å². The van der Waals surface area contributed by atoms with Crippen LogP contribution in [-0.2, 0) is 4.74 Å². The van der Waals surface area contributed by atoms with E-state index in [0.29, 0.717) is 0 Å². The number of nitrogens with two attached hydrogens (primary N) is 2. The Morgan fingerprint density at radius 1 is 1.45 bits per heavy atom. The molecule has 1 fully saturated rings. The van der Waals surface area contributed by atoms with Crippen LogP contribution < -0.4 is 17.2 Å². The van der Waals surface area contributed by atoms with E-state index in [9.17, 15) is 15.0 Å². The van der Waals surface area contributed by atoms with Gasteiger partial charge >= 0.3 is 5.69 Å². The van der Waals surface area contributed by atoms with Crippen LogP contribution in [0.3, 0.4) is 0 Å². The summed E-state index contributed by atoms with van der Waals surface area (Å²) in [6.45, 7) is -0.483. The quantitative estimate of drug-likeness (QED) is 0.285. The number of rotatable bonds is 3. The van der Waals surface area contributed by atoms with Crippen molar-refractivity contribution in [2.45, 2.75) is 24.5 Å². The molecule has 7 N–H and O–H groups in total. The monoisotopic (exact) mass is 285 g/mol. The molecule has 2 unspecified atom stereocenters. The molecule has 1 aliphatic heterocycles. The van der Waals surface area contributed by atoms with Crippen molar-refractivity contribution in [3.63, 3.8) is 0 Å². The summed E-state index contributed by atoms with van der Waals surface area (Å²) < 4.78 is 6.19. The number of ether oxygens (including phenoxy) is 1. The van der Waals surface area contributed by atoms with Crippen LogP contribution in [0.5, 0.6) is 0 Å². The minimum atomic E-state index is -1.36. The zero-order valence-corrected chi connectivity index (χ0v) is 10.3. The van der Waals surface area contributed by atoms with Crippen LogP contribution in [0.4, 0.5) is 5.82 Å². The lowest BCUT2D eigenvalue weighted by atomic mass is 10.1. The number of aliphatic hydroxyl groups is 3.